The maximum atomic E-state index is 13.2. The number of hydrogen-bond donors (Lipinski definition) is 0. The molecule has 2 aliphatic rings. The van der Waals surface area contributed by atoms with Crippen LogP contribution >= 0.6 is 0 Å². The minimum absolute atomic E-state index is 0.0863. The molecule has 0 bridgehead atoms. The predicted molar refractivity (Wildman–Crippen MR) is 87.8 cm³/mol. The quantitative estimate of drug-likeness (QED) is 0.840. The summed E-state index contributed by atoms with van der Waals surface area (Å²) in [5.74, 6) is 0.953. The third-order valence-corrected chi connectivity index (χ3v) is 5.97. The number of likely N-dealkylation sites (tertiary alicyclic amines) is 1. The van der Waals surface area contributed by atoms with Crippen LogP contribution in [0.3, 0.4) is 0 Å². The summed E-state index contributed by atoms with van der Waals surface area (Å²) in [4.78, 5) is 15.4. The van der Waals surface area contributed by atoms with Gasteiger partial charge in [-0.15, -0.1) is 0 Å². The molecule has 0 aromatic carbocycles. The molecule has 0 radical (unpaired) electrons. The van der Waals surface area contributed by atoms with Crippen LogP contribution in [-0.2, 0) is 11.8 Å². The van der Waals surface area contributed by atoms with Crippen molar-refractivity contribution in [1.29, 1.82) is 0 Å². The SMILES string of the molecule is Cc1nn(C)c(C)c1C(C)C(=O)N1C(C)CC2CCCCC21. The van der Waals surface area contributed by atoms with E-state index >= 15 is 0 Å². The Bertz CT molecular complexity index is 577. The minimum Gasteiger partial charge on any atom is -0.336 e. The van der Waals surface area contributed by atoms with E-state index in [4.69, 9.17) is 0 Å². The van der Waals surface area contributed by atoms with E-state index in [2.05, 4.69) is 30.8 Å². The lowest BCUT2D eigenvalue weighted by molar-refractivity contribution is -0.135. The fraction of sp³-hybridized carbons (Fsp3) is 0.778. The van der Waals surface area contributed by atoms with Gasteiger partial charge in [0.05, 0.1) is 11.6 Å². The van der Waals surface area contributed by atoms with Gasteiger partial charge in [-0.05, 0) is 52.9 Å². The Morgan fingerprint density at radius 2 is 1.95 bits per heavy atom. The first-order valence-electron chi connectivity index (χ1n) is 8.74. The smallest absolute Gasteiger partial charge is 0.230 e. The van der Waals surface area contributed by atoms with Crippen molar-refractivity contribution in [3.63, 3.8) is 0 Å². The van der Waals surface area contributed by atoms with Crippen LogP contribution in [0.1, 0.15) is 68.8 Å². The molecule has 2 fully saturated rings. The molecule has 4 atom stereocenters. The summed E-state index contributed by atoms with van der Waals surface area (Å²) in [6, 6.07) is 0.872. The fourth-order valence-electron chi connectivity index (χ4n) is 4.85. The number of hydrogen-bond acceptors (Lipinski definition) is 2. The lowest BCUT2D eigenvalue weighted by Gasteiger charge is -2.35. The molecule has 1 saturated heterocycles. The number of aromatic nitrogens is 2. The molecule has 1 saturated carbocycles. The third kappa shape index (κ3) is 2.37. The van der Waals surface area contributed by atoms with E-state index in [1.54, 1.807) is 0 Å². The minimum atomic E-state index is -0.0863. The molecule has 4 nitrogen and oxygen atoms in total. The summed E-state index contributed by atoms with van der Waals surface area (Å²) in [6.45, 7) is 8.37. The Labute approximate surface area is 133 Å². The van der Waals surface area contributed by atoms with E-state index in [-0.39, 0.29) is 5.92 Å². The highest BCUT2D eigenvalue weighted by atomic mass is 16.2. The zero-order chi connectivity index (χ0) is 16.0. The number of carbonyl (C=O) groups excluding carboxylic acids is 1. The number of rotatable bonds is 2. The molecule has 1 amide bonds. The van der Waals surface area contributed by atoms with Crippen LogP contribution in [0.4, 0.5) is 0 Å². The van der Waals surface area contributed by atoms with Crippen molar-refractivity contribution in [1.82, 2.24) is 14.7 Å². The molecule has 22 heavy (non-hydrogen) atoms. The van der Waals surface area contributed by atoms with Crippen LogP contribution in [0.5, 0.6) is 0 Å². The highest BCUT2D eigenvalue weighted by Gasteiger charge is 2.44. The van der Waals surface area contributed by atoms with Crippen molar-refractivity contribution < 1.29 is 4.79 Å². The van der Waals surface area contributed by atoms with Gasteiger partial charge in [0.2, 0.25) is 5.91 Å². The van der Waals surface area contributed by atoms with Gasteiger partial charge < -0.3 is 4.90 Å². The second kappa shape index (κ2) is 5.71. The normalized spacial score (nSPS) is 29.5. The molecular formula is C18H29N3O. The molecular weight excluding hydrogens is 274 g/mol. The number of nitrogens with zero attached hydrogens (tertiary/aromatic N) is 3. The van der Waals surface area contributed by atoms with Gasteiger partial charge in [-0.2, -0.15) is 5.10 Å². The Kier molecular flexibility index (Phi) is 4.04. The molecule has 122 valence electrons. The maximum absolute atomic E-state index is 13.2. The van der Waals surface area contributed by atoms with Gasteiger partial charge >= 0.3 is 0 Å². The average molecular weight is 303 g/mol. The van der Waals surface area contributed by atoms with Crippen molar-refractivity contribution in [3.8, 4) is 0 Å². The largest absolute Gasteiger partial charge is 0.336 e. The van der Waals surface area contributed by atoms with Gasteiger partial charge in [0, 0.05) is 30.4 Å². The molecule has 0 N–H and O–H groups in total. The summed E-state index contributed by atoms with van der Waals surface area (Å²) in [5.41, 5.74) is 3.23. The first kappa shape index (κ1) is 15.6. The zero-order valence-electron chi connectivity index (χ0n) is 14.6. The van der Waals surface area contributed by atoms with Gasteiger partial charge in [-0.3, -0.25) is 9.48 Å². The second-order valence-corrected chi connectivity index (χ2v) is 7.37. The Morgan fingerprint density at radius 3 is 2.59 bits per heavy atom. The van der Waals surface area contributed by atoms with Crippen LogP contribution < -0.4 is 0 Å². The van der Waals surface area contributed by atoms with E-state index in [1.807, 2.05) is 18.7 Å². The van der Waals surface area contributed by atoms with Gasteiger partial charge in [-0.1, -0.05) is 12.8 Å². The Hall–Kier alpha value is -1.32. The topological polar surface area (TPSA) is 38.1 Å². The van der Waals surface area contributed by atoms with Gasteiger partial charge in [0.15, 0.2) is 0 Å². The zero-order valence-corrected chi connectivity index (χ0v) is 14.6. The summed E-state index contributed by atoms with van der Waals surface area (Å²) < 4.78 is 1.89. The molecule has 2 heterocycles. The summed E-state index contributed by atoms with van der Waals surface area (Å²) >= 11 is 0. The van der Waals surface area contributed by atoms with Gasteiger partial charge in [-0.25, -0.2) is 0 Å². The monoisotopic (exact) mass is 303 g/mol. The van der Waals surface area contributed by atoms with E-state index in [0.29, 0.717) is 18.0 Å². The van der Waals surface area contributed by atoms with Crippen LogP contribution in [0, 0.1) is 19.8 Å². The van der Waals surface area contributed by atoms with Crippen molar-refractivity contribution in [2.45, 2.75) is 77.8 Å². The fourth-order valence-corrected chi connectivity index (χ4v) is 4.85. The van der Waals surface area contributed by atoms with Crippen LogP contribution in [0.25, 0.3) is 0 Å². The van der Waals surface area contributed by atoms with Crippen LogP contribution in [0.15, 0.2) is 0 Å². The highest BCUT2D eigenvalue weighted by Crippen LogP contribution is 2.41. The third-order valence-electron chi connectivity index (χ3n) is 5.97. The molecule has 0 spiro atoms. The van der Waals surface area contributed by atoms with E-state index in [1.165, 1.54) is 32.1 Å². The lowest BCUT2D eigenvalue weighted by atomic mass is 9.84. The summed E-state index contributed by atoms with van der Waals surface area (Å²) in [6.07, 6.45) is 6.30. The van der Waals surface area contributed by atoms with Crippen molar-refractivity contribution >= 4 is 5.91 Å². The van der Waals surface area contributed by atoms with E-state index in [0.717, 1.165) is 22.9 Å². The van der Waals surface area contributed by atoms with Crippen LogP contribution in [-0.4, -0.2) is 32.7 Å². The summed E-state index contributed by atoms with van der Waals surface area (Å²) in [7, 11) is 1.96. The van der Waals surface area contributed by atoms with Gasteiger partial charge in [0.1, 0.15) is 0 Å². The molecule has 1 aliphatic heterocycles. The molecule has 4 unspecified atom stereocenters. The Morgan fingerprint density at radius 1 is 1.27 bits per heavy atom. The number of carbonyl (C=O) groups is 1. The first-order valence-corrected chi connectivity index (χ1v) is 8.74. The second-order valence-electron chi connectivity index (χ2n) is 7.37. The van der Waals surface area contributed by atoms with Crippen molar-refractivity contribution in [3.05, 3.63) is 17.0 Å². The predicted octanol–water partition coefficient (Wildman–Crippen LogP) is 3.32. The summed E-state index contributed by atoms with van der Waals surface area (Å²) in [5, 5.41) is 4.49. The molecule has 3 rings (SSSR count). The average Bonchev–Trinajstić information content (AvgIpc) is 2.93. The first-order chi connectivity index (χ1) is 10.4. The molecule has 1 aliphatic carbocycles. The number of amides is 1. The lowest BCUT2D eigenvalue weighted by Crippen LogP contribution is -2.44. The highest BCUT2D eigenvalue weighted by molar-refractivity contribution is 5.84. The van der Waals surface area contributed by atoms with E-state index in [9.17, 15) is 4.79 Å². The molecule has 1 aromatic rings. The van der Waals surface area contributed by atoms with Gasteiger partial charge in [0.25, 0.3) is 0 Å². The van der Waals surface area contributed by atoms with E-state index < -0.39 is 0 Å². The van der Waals surface area contributed by atoms with Crippen LogP contribution in [0.2, 0.25) is 0 Å². The number of fused-ring (bicyclic) bond motifs is 1. The maximum Gasteiger partial charge on any atom is 0.230 e. The van der Waals surface area contributed by atoms with Crippen molar-refractivity contribution in [2.75, 3.05) is 0 Å². The van der Waals surface area contributed by atoms with Crippen molar-refractivity contribution in [2.24, 2.45) is 13.0 Å². The molecule has 1 aromatic heterocycles. The number of aryl methyl sites for hydroxylation is 2. The Balaban J connectivity index is 1.86. The standard InChI is InChI=1S/C18H29N3O/c1-11-10-15-8-6-7-9-16(15)21(11)18(22)12(2)17-13(3)19-20(5)14(17)4/h11-12,15-16H,6-10H2,1-5H3. The molecule has 4 heteroatoms.